The van der Waals surface area contributed by atoms with Crippen LogP contribution in [-0.4, -0.2) is 36.2 Å². The van der Waals surface area contributed by atoms with Crippen molar-refractivity contribution in [2.24, 2.45) is 0 Å². The third-order valence-corrected chi connectivity index (χ3v) is 5.53. The van der Waals surface area contributed by atoms with E-state index in [0.29, 0.717) is 6.54 Å². The lowest BCUT2D eigenvalue weighted by Gasteiger charge is -2.15. The van der Waals surface area contributed by atoms with E-state index in [1.54, 1.807) is 6.92 Å². The number of rotatable bonds is 9. The second-order valence-corrected chi connectivity index (χ2v) is 7.73. The van der Waals surface area contributed by atoms with E-state index in [4.69, 9.17) is 0 Å². The predicted octanol–water partition coefficient (Wildman–Crippen LogP) is 2.11. The van der Waals surface area contributed by atoms with Crippen molar-refractivity contribution in [2.75, 3.05) is 18.1 Å². The molecule has 0 saturated heterocycles. The van der Waals surface area contributed by atoms with Gasteiger partial charge in [0, 0.05) is 23.1 Å². The molecular weight excluding hydrogens is 286 g/mol. The van der Waals surface area contributed by atoms with Crippen molar-refractivity contribution in [1.29, 1.82) is 0 Å². The summed E-state index contributed by atoms with van der Waals surface area (Å²) in [5.74, 6) is 0.355. The Balaban J connectivity index is 3.10. The van der Waals surface area contributed by atoms with Crippen LogP contribution in [0.1, 0.15) is 57.6 Å². The largest absolute Gasteiger partial charge is 0.310 e. The Labute approximate surface area is 129 Å². The van der Waals surface area contributed by atoms with Gasteiger partial charge in [0.1, 0.15) is 0 Å². The number of hydrogen-bond donors (Lipinski definition) is 1. The highest BCUT2D eigenvalue weighted by molar-refractivity contribution is 7.91. The van der Waals surface area contributed by atoms with Crippen molar-refractivity contribution in [3.63, 3.8) is 0 Å². The molecule has 1 unspecified atom stereocenters. The lowest BCUT2D eigenvalue weighted by atomic mass is 10.0. The molecule has 1 heterocycles. The van der Waals surface area contributed by atoms with Crippen molar-refractivity contribution >= 4 is 9.84 Å². The van der Waals surface area contributed by atoms with Gasteiger partial charge in [-0.1, -0.05) is 27.7 Å². The van der Waals surface area contributed by atoms with Crippen molar-refractivity contribution in [3.05, 3.63) is 17.0 Å². The van der Waals surface area contributed by atoms with Crippen LogP contribution in [0.4, 0.5) is 0 Å². The zero-order chi connectivity index (χ0) is 16.0. The molecule has 0 aromatic carbocycles. The summed E-state index contributed by atoms with van der Waals surface area (Å²) in [4.78, 5) is 0. The first-order valence-electron chi connectivity index (χ1n) is 7.92. The van der Waals surface area contributed by atoms with E-state index < -0.39 is 9.84 Å². The van der Waals surface area contributed by atoms with Crippen molar-refractivity contribution in [3.8, 4) is 0 Å². The Kier molecular flexibility index (Phi) is 6.87. The molecule has 0 amide bonds. The zero-order valence-corrected chi connectivity index (χ0v) is 14.8. The van der Waals surface area contributed by atoms with Gasteiger partial charge in [-0.15, -0.1) is 0 Å². The molecule has 1 N–H and O–H groups in total. The lowest BCUT2D eigenvalue weighted by molar-refractivity contribution is 0.567. The van der Waals surface area contributed by atoms with Gasteiger partial charge in [0.2, 0.25) is 0 Å². The molecule has 1 aromatic rings. The van der Waals surface area contributed by atoms with E-state index in [-0.39, 0.29) is 17.5 Å². The molecule has 5 nitrogen and oxygen atoms in total. The van der Waals surface area contributed by atoms with Crippen LogP contribution in [0.2, 0.25) is 0 Å². The zero-order valence-electron chi connectivity index (χ0n) is 13.9. The minimum absolute atomic E-state index is 0.163. The second kappa shape index (κ2) is 7.94. The topological polar surface area (TPSA) is 64.0 Å². The highest BCUT2D eigenvalue weighted by atomic mass is 32.2. The van der Waals surface area contributed by atoms with E-state index in [1.807, 2.05) is 4.68 Å². The van der Waals surface area contributed by atoms with Gasteiger partial charge < -0.3 is 5.32 Å². The first kappa shape index (κ1) is 18.2. The lowest BCUT2D eigenvalue weighted by Crippen LogP contribution is -2.20. The first-order valence-corrected chi connectivity index (χ1v) is 9.74. The summed E-state index contributed by atoms with van der Waals surface area (Å²) in [6.07, 6.45) is 1.73. The summed E-state index contributed by atoms with van der Waals surface area (Å²) in [6.45, 7) is 11.5. The third-order valence-electron chi connectivity index (χ3n) is 3.84. The maximum absolute atomic E-state index is 11.7. The molecule has 0 bridgehead atoms. The molecule has 0 spiro atoms. The molecule has 122 valence electrons. The first-order chi connectivity index (χ1) is 9.90. The summed E-state index contributed by atoms with van der Waals surface area (Å²) in [5, 5.41) is 8.09. The smallest absolute Gasteiger partial charge is 0.151 e. The number of nitrogens with zero attached hydrogens (tertiary/aromatic N) is 2. The van der Waals surface area contributed by atoms with E-state index >= 15 is 0 Å². The SMILES string of the molecule is CCNC(C)c1c(CC)nn(CCS(=O)(=O)CC)c1CC. The fourth-order valence-corrected chi connectivity index (χ4v) is 3.40. The van der Waals surface area contributed by atoms with Gasteiger partial charge in [-0.3, -0.25) is 4.68 Å². The van der Waals surface area contributed by atoms with Gasteiger partial charge in [-0.05, 0) is 26.3 Å². The maximum atomic E-state index is 11.7. The van der Waals surface area contributed by atoms with Crippen LogP contribution in [0.3, 0.4) is 0 Å². The fraction of sp³-hybridized carbons (Fsp3) is 0.800. The quantitative estimate of drug-likeness (QED) is 0.758. The third kappa shape index (κ3) is 4.54. The van der Waals surface area contributed by atoms with Crippen molar-refractivity contribution < 1.29 is 8.42 Å². The highest BCUT2D eigenvalue weighted by Crippen LogP contribution is 2.23. The average molecular weight is 315 g/mol. The Morgan fingerprint density at radius 1 is 1.19 bits per heavy atom. The van der Waals surface area contributed by atoms with Gasteiger partial charge in [0.25, 0.3) is 0 Å². The molecule has 0 aliphatic rings. The molecule has 0 aliphatic carbocycles. The van der Waals surface area contributed by atoms with E-state index in [1.165, 1.54) is 5.56 Å². The number of aromatic nitrogens is 2. The van der Waals surface area contributed by atoms with Gasteiger partial charge >= 0.3 is 0 Å². The average Bonchev–Trinajstić information content (AvgIpc) is 2.83. The van der Waals surface area contributed by atoms with Crippen LogP contribution in [0.5, 0.6) is 0 Å². The Hall–Kier alpha value is -0.880. The van der Waals surface area contributed by atoms with Crippen LogP contribution >= 0.6 is 0 Å². The summed E-state index contributed by atoms with van der Waals surface area (Å²) in [5.41, 5.74) is 3.48. The number of hydrogen-bond acceptors (Lipinski definition) is 4. The van der Waals surface area contributed by atoms with Gasteiger partial charge in [-0.2, -0.15) is 5.10 Å². The second-order valence-electron chi connectivity index (χ2n) is 5.25. The molecule has 1 aromatic heterocycles. The minimum Gasteiger partial charge on any atom is -0.310 e. The molecule has 0 fully saturated rings. The monoisotopic (exact) mass is 315 g/mol. The Morgan fingerprint density at radius 2 is 1.86 bits per heavy atom. The molecular formula is C15H29N3O2S. The van der Waals surface area contributed by atoms with Crippen LogP contribution < -0.4 is 5.32 Å². The van der Waals surface area contributed by atoms with Crippen LogP contribution in [0.15, 0.2) is 0 Å². The minimum atomic E-state index is -2.96. The Morgan fingerprint density at radius 3 is 2.33 bits per heavy atom. The molecule has 6 heteroatoms. The highest BCUT2D eigenvalue weighted by Gasteiger charge is 2.20. The van der Waals surface area contributed by atoms with Crippen molar-refractivity contribution in [1.82, 2.24) is 15.1 Å². The molecule has 1 atom stereocenters. The van der Waals surface area contributed by atoms with Gasteiger partial charge in [0.05, 0.1) is 18.0 Å². The Bertz CT molecular complexity index is 550. The molecule has 21 heavy (non-hydrogen) atoms. The number of sulfone groups is 1. The summed E-state index contributed by atoms with van der Waals surface area (Å²) >= 11 is 0. The van der Waals surface area contributed by atoms with Crippen LogP contribution in [-0.2, 0) is 29.2 Å². The summed E-state index contributed by atoms with van der Waals surface area (Å²) in [7, 11) is -2.96. The summed E-state index contributed by atoms with van der Waals surface area (Å²) in [6, 6.07) is 0.247. The van der Waals surface area contributed by atoms with E-state index in [0.717, 1.165) is 30.8 Å². The van der Waals surface area contributed by atoms with E-state index in [2.05, 4.69) is 38.1 Å². The predicted molar refractivity (Wildman–Crippen MR) is 87.4 cm³/mol. The molecule has 0 radical (unpaired) electrons. The standard InChI is InChI=1S/C15H29N3O2S/c1-6-13-15(12(5)16-8-3)14(7-2)18(17-13)10-11-21(19,20)9-4/h12,16H,6-11H2,1-5H3. The summed E-state index contributed by atoms with van der Waals surface area (Å²) < 4.78 is 25.3. The maximum Gasteiger partial charge on any atom is 0.151 e. The number of aryl methyl sites for hydroxylation is 2. The normalized spacial score (nSPS) is 13.6. The van der Waals surface area contributed by atoms with Crippen LogP contribution in [0, 0.1) is 0 Å². The van der Waals surface area contributed by atoms with Crippen molar-refractivity contribution in [2.45, 2.75) is 60.0 Å². The molecule has 1 rings (SSSR count). The fourth-order valence-electron chi connectivity index (χ4n) is 2.66. The van der Waals surface area contributed by atoms with Gasteiger partial charge in [0.15, 0.2) is 9.84 Å². The molecule has 0 aliphatic heterocycles. The van der Waals surface area contributed by atoms with Gasteiger partial charge in [-0.25, -0.2) is 8.42 Å². The van der Waals surface area contributed by atoms with E-state index in [9.17, 15) is 8.42 Å². The number of nitrogens with one attached hydrogen (secondary N) is 1. The molecule has 0 saturated carbocycles. The van der Waals surface area contributed by atoms with Crippen LogP contribution in [0.25, 0.3) is 0 Å².